The molecule has 0 aliphatic carbocycles. The molecule has 0 aromatic carbocycles. The number of unbranched alkanes of at least 4 members (excludes halogenated alkanes) is 1. The number of hydrogen-bond acceptors (Lipinski definition) is 3. The van der Waals surface area contributed by atoms with Gasteiger partial charge in [0.15, 0.2) is 0 Å². The molecule has 0 aromatic heterocycles. The highest BCUT2D eigenvalue weighted by atomic mass is 16.5. The van der Waals surface area contributed by atoms with Crippen LogP contribution in [0.4, 0.5) is 0 Å². The van der Waals surface area contributed by atoms with Crippen LogP contribution in [0.1, 0.15) is 25.7 Å². The molecule has 1 saturated heterocycles. The highest BCUT2D eigenvalue weighted by Gasteiger charge is 2.40. The summed E-state index contributed by atoms with van der Waals surface area (Å²) in [5.41, 5.74) is 5.42. The van der Waals surface area contributed by atoms with Crippen LogP contribution in [0.3, 0.4) is 0 Å². The van der Waals surface area contributed by atoms with Gasteiger partial charge in [0.05, 0.1) is 5.41 Å². The van der Waals surface area contributed by atoms with E-state index in [0.717, 1.165) is 32.2 Å². The minimum absolute atomic E-state index is 0.173. The van der Waals surface area contributed by atoms with Crippen molar-refractivity contribution >= 4 is 5.91 Å². The van der Waals surface area contributed by atoms with Crippen molar-refractivity contribution < 1.29 is 9.53 Å². The lowest BCUT2D eigenvalue weighted by Gasteiger charge is -2.37. The number of ether oxygens (including phenoxy) is 1. The molecule has 4 heteroatoms. The van der Waals surface area contributed by atoms with Gasteiger partial charge >= 0.3 is 0 Å². The number of amides is 1. The second-order valence-electron chi connectivity index (χ2n) is 4.75. The van der Waals surface area contributed by atoms with Gasteiger partial charge in [-0.2, -0.15) is 0 Å². The van der Waals surface area contributed by atoms with Gasteiger partial charge in [0.1, 0.15) is 0 Å². The summed E-state index contributed by atoms with van der Waals surface area (Å²) in [4.78, 5) is 14.2. The molecule has 1 heterocycles. The summed E-state index contributed by atoms with van der Waals surface area (Å²) in [6, 6.07) is 0. The van der Waals surface area contributed by atoms with E-state index in [1.165, 1.54) is 0 Å². The van der Waals surface area contributed by atoms with Crippen LogP contribution in [0, 0.1) is 5.41 Å². The summed E-state index contributed by atoms with van der Waals surface area (Å²) in [6.45, 7) is 6.16. The molecule has 1 aliphatic heterocycles. The molecule has 0 spiro atoms. The second kappa shape index (κ2) is 6.77. The molecule has 1 fully saturated rings. The smallest absolute Gasteiger partial charge is 0.229 e. The van der Waals surface area contributed by atoms with E-state index >= 15 is 0 Å². The molecule has 0 unspecified atom stereocenters. The largest absolute Gasteiger partial charge is 0.381 e. The van der Waals surface area contributed by atoms with Crippen molar-refractivity contribution in [3.63, 3.8) is 0 Å². The number of carbonyl (C=O) groups is 1. The predicted octanol–water partition coefficient (Wildman–Crippen LogP) is 1.17. The second-order valence-corrected chi connectivity index (χ2v) is 4.75. The van der Waals surface area contributed by atoms with Crippen LogP contribution >= 0.6 is 0 Å². The highest BCUT2D eigenvalue weighted by molar-refractivity contribution is 5.82. The number of rotatable bonds is 6. The molecule has 1 aliphatic rings. The van der Waals surface area contributed by atoms with Crippen LogP contribution in [0.2, 0.25) is 0 Å². The van der Waals surface area contributed by atoms with Crippen molar-refractivity contribution in [2.45, 2.75) is 25.7 Å². The average molecular weight is 240 g/mol. The summed E-state index contributed by atoms with van der Waals surface area (Å²) in [5.74, 6) is 0.173. The Morgan fingerprint density at radius 1 is 1.53 bits per heavy atom. The number of nitrogens with two attached hydrogens (primary N) is 1. The van der Waals surface area contributed by atoms with E-state index in [-0.39, 0.29) is 11.3 Å². The zero-order valence-electron chi connectivity index (χ0n) is 10.8. The molecule has 4 nitrogen and oxygen atoms in total. The minimum atomic E-state index is -0.388. The third kappa shape index (κ3) is 3.54. The van der Waals surface area contributed by atoms with E-state index in [1.807, 2.05) is 18.0 Å². The summed E-state index contributed by atoms with van der Waals surface area (Å²) >= 11 is 0. The van der Waals surface area contributed by atoms with Crippen molar-refractivity contribution in [2.75, 3.05) is 33.4 Å². The lowest BCUT2D eigenvalue weighted by atomic mass is 9.79. The zero-order valence-corrected chi connectivity index (χ0v) is 10.8. The fraction of sp³-hybridized carbons (Fsp3) is 0.769. The first-order chi connectivity index (χ1) is 8.16. The van der Waals surface area contributed by atoms with Gasteiger partial charge < -0.3 is 15.4 Å². The quantitative estimate of drug-likeness (QED) is 0.560. The Labute approximate surface area is 104 Å². The molecular weight excluding hydrogens is 216 g/mol. The Balaban J connectivity index is 2.55. The molecule has 0 atom stereocenters. The summed E-state index contributed by atoms with van der Waals surface area (Å²) < 4.78 is 5.32. The molecule has 1 amide bonds. The van der Waals surface area contributed by atoms with Crippen LogP contribution in [0.5, 0.6) is 0 Å². The summed E-state index contributed by atoms with van der Waals surface area (Å²) in [7, 11) is 1.86. The predicted molar refractivity (Wildman–Crippen MR) is 68.6 cm³/mol. The Bertz CT molecular complexity index is 260. The molecule has 2 N–H and O–H groups in total. The lowest BCUT2D eigenvalue weighted by molar-refractivity contribution is -0.145. The standard InChI is InChI=1S/C13H24N2O2/c1-3-4-5-8-15(2)12(16)13(11-14)6-9-17-10-7-13/h3H,1,4-11,14H2,2H3. The van der Waals surface area contributed by atoms with E-state index < -0.39 is 0 Å². The molecule has 1 rings (SSSR count). The Morgan fingerprint density at radius 2 is 2.18 bits per heavy atom. The van der Waals surface area contributed by atoms with Gasteiger partial charge in [-0.3, -0.25) is 4.79 Å². The molecule has 0 radical (unpaired) electrons. The van der Waals surface area contributed by atoms with Gasteiger partial charge in [-0.25, -0.2) is 0 Å². The molecule has 98 valence electrons. The van der Waals surface area contributed by atoms with Crippen molar-refractivity contribution in [3.8, 4) is 0 Å². The number of nitrogens with zero attached hydrogens (tertiary/aromatic N) is 1. The molecule has 0 saturated carbocycles. The molecule has 0 aromatic rings. The van der Waals surface area contributed by atoms with Crippen molar-refractivity contribution in [3.05, 3.63) is 12.7 Å². The third-order valence-electron chi connectivity index (χ3n) is 3.54. The van der Waals surface area contributed by atoms with E-state index in [0.29, 0.717) is 19.8 Å². The van der Waals surface area contributed by atoms with Crippen molar-refractivity contribution in [2.24, 2.45) is 11.1 Å². The summed E-state index contributed by atoms with van der Waals surface area (Å²) in [6.07, 6.45) is 5.27. The molecule has 17 heavy (non-hydrogen) atoms. The SMILES string of the molecule is C=CCCCN(C)C(=O)C1(CN)CCOCC1. The lowest BCUT2D eigenvalue weighted by Crippen LogP contribution is -2.49. The topological polar surface area (TPSA) is 55.6 Å². The third-order valence-corrected chi connectivity index (χ3v) is 3.54. The fourth-order valence-electron chi connectivity index (χ4n) is 2.25. The Hall–Kier alpha value is -0.870. The van der Waals surface area contributed by atoms with Gasteiger partial charge in [-0.1, -0.05) is 6.08 Å². The maximum Gasteiger partial charge on any atom is 0.229 e. The van der Waals surface area contributed by atoms with E-state index in [9.17, 15) is 4.79 Å². The Kier molecular flexibility index (Phi) is 5.65. The zero-order chi connectivity index (χ0) is 12.7. The van der Waals surface area contributed by atoms with Gasteiger partial charge in [0, 0.05) is 33.4 Å². The molecule has 0 bridgehead atoms. The highest BCUT2D eigenvalue weighted by Crippen LogP contribution is 2.31. The number of hydrogen-bond donors (Lipinski definition) is 1. The van der Waals surface area contributed by atoms with Gasteiger partial charge in [-0.05, 0) is 25.7 Å². The normalized spacial score (nSPS) is 18.7. The number of carbonyl (C=O) groups excluding carboxylic acids is 1. The monoisotopic (exact) mass is 240 g/mol. The fourth-order valence-corrected chi connectivity index (χ4v) is 2.25. The average Bonchev–Trinajstić information content (AvgIpc) is 2.38. The van der Waals surface area contributed by atoms with Crippen molar-refractivity contribution in [1.82, 2.24) is 4.90 Å². The van der Waals surface area contributed by atoms with E-state index in [1.54, 1.807) is 0 Å². The van der Waals surface area contributed by atoms with Crippen LogP contribution in [0.15, 0.2) is 12.7 Å². The number of allylic oxidation sites excluding steroid dienone is 1. The van der Waals surface area contributed by atoms with Gasteiger partial charge in [0.25, 0.3) is 0 Å². The first-order valence-electron chi connectivity index (χ1n) is 6.30. The van der Waals surface area contributed by atoms with E-state index in [4.69, 9.17) is 10.5 Å². The first kappa shape index (κ1) is 14.2. The Morgan fingerprint density at radius 3 is 2.71 bits per heavy atom. The van der Waals surface area contributed by atoms with Gasteiger partial charge in [0.2, 0.25) is 5.91 Å². The maximum atomic E-state index is 12.4. The van der Waals surface area contributed by atoms with Crippen molar-refractivity contribution in [1.29, 1.82) is 0 Å². The van der Waals surface area contributed by atoms with Gasteiger partial charge in [-0.15, -0.1) is 6.58 Å². The van der Waals surface area contributed by atoms with Crippen LogP contribution in [-0.4, -0.2) is 44.2 Å². The first-order valence-corrected chi connectivity index (χ1v) is 6.30. The van der Waals surface area contributed by atoms with Crippen LogP contribution < -0.4 is 5.73 Å². The summed E-state index contributed by atoms with van der Waals surface area (Å²) in [5, 5.41) is 0. The van der Waals surface area contributed by atoms with E-state index in [2.05, 4.69) is 6.58 Å². The minimum Gasteiger partial charge on any atom is -0.381 e. The van der Waals surface area contributed by atoms with Crippen LogP contribution in [-0.2, 0) is 9.53 Å². The maximum absolute atomic E-state index is 12.4. The molecular formula is C13H24N2O2. The van der Waals surface area contributed by atoms with Crippen LogP contribution in [0.25, 0.3) is 0 Å².